The molecule has 1 saturated heterocycles. The van der Waals surface area contributed by atoms with Crippen LogP contribution in [0.25, 0.3) is 5.76 Å². The molecule has 1 unspecified atom stereocenters. The number of hydrogen-bond acceptors (Lipinski definition) is 5. The van der Waals surface area contributed by atoms with Crippen LogP contribution in [0, 0.1) is 6.92 Å². The van der Waals surface area contributed by atoms with Crippen LogP contribution in [0.15, 0.2) is 106 Å². The van der Waals surface area contributed by atoms with Crippen LogP contribution in [-0.4, -0.2) is 21.7 Å². The minimum atomic E-state index is -0.768. The summed E-state index contributed by atoms with van der Waals surface area (Å²) in [5, 5.41) is 11.3. The van der Waals surface area contributed by atoms with Crippen molar-refractivity contribution >= 4 is 33.4 Å². The van der Waals surface area contributed by atoms with Crippen LogP contribution in [0.5, 0.6) is 5.75 Å². The molecule has 1 aromatic heterocycles. The third kappa shape index (κ3) is 5.22. The number of aryl methyl sites for hydroxylation is 1. The number of nitrogens with zero attached hydrogens (tertiary/aromatic N) is 1. The molecular formula is C30H24BrNO5. The molecule has 4 aromatic rings. The second-order valence-corrected chi connectivity index (χ2v) is 9.78. The molecule has 186 valence electrons. The van der Waals surface area contributed by atoms with E-state index in [0.29, 0.717) is 29.2 Å². The Bertz CT molecular complexity index is 1460. The summed E-state index contributed by atoms with van der Waals surface area (Å²) in [4.78, 5) is 27.7. The van der Waals surface area contributed by atoms with Gasteiger partial charge in [-0.1, -0.05) is 57.9 Å². The highest BCUT2D eigenvalue weighted by atomic mass is 79.9. The van der Waals surface area contributed by atoms with Gasteiger partial charge in [0.15, 0.2) is 0 Å². The van der Waals surface area contributed by atoms with Gasteiger partial charge in [-0.15, -0.1) is 0 Å². The number of halogens is 1. The number of furan rings is 1. The monoisotopic (exact) mass is 557 g/mol. The van der Waals surface area contributed by atoms with E-state index >= 15 is 0 Å². The van der Waals surface area contributed by atoms with Gasteiger partial charge in [-0.3, -0.25) is 9.59 Å². The summed E-state index contributed by atoms with van der Waals surface area (Å²) in [6, 6.07) is 24.9. The fourth-order valence-electron chi connectivity index (χ4n) is 4.44. The molecule has 1 aliphatic rings. The van der Waals surface area contributed by atoms with Gasteiger partial charge in [-0.2, -0.15) is 0 Å². The molecule has 0 radical (unpaired) electrons. The molecule has 7 heteroatoms. The average molecular weight is 558 g/mol. The first kappa shape index (κ1) is 24.6. The highest BCUT2D eigenvalue weighted by molar-refractivity contribution is 9.10. The lowest BCUT2D eigenvalue weighted by atomic mass is 9.95. The fourth-order valence-corrected chi connectivity index (χ4v) is 4.70. The van der Waals surface area contributed by atoms with Gasteiger partial charge < -0.3 is 19.2 Å². The highest BCUT2D eigenvalue weighted by Gasteiger charge is 2.46. The highest BCUT2D eigenvalue weighted by Crippen LogP contribution is 2.40. The summed E-state index contributed by atoms with van der Waals surface area (Å²) in [6.07, 6.45) is 1.52. The quantitative estimate of drug-likeness (QED) is 0.158. The van der Waals surface area contributed by atoms with Crippen LogP contribution in [0.2, 0.25) is 0 Å². The number of ketones is 1. The predicted molar refractivity (Wildman–Crippen MR) is 143 cm³/mol. The Balaban J connectivity index is 1.46. The van der Waals surface area contributed by atoms with Crippen molar-refractivity contribution in [2.75, 3.05) is 0 Å². The lowest BCUT2D eigenvalue weighted by Crippen LogP contribution is -2.29. The summed E-state index contributed by atoms with van der Waals surface area (Å²) in [5.41, 5.74) is 3.37. The number of aliphatic hydroxyl groups is 1. The Kier molecular flexibility index (Phi) is 6.97. The zero-order valence-corrected chi connectivity index (χ0v) is 21.6. The van der Waals surface area contributed by atoms with Gasteiger partial charge >= 0.3 is 0 Å². The lowest BCUT2D eigenvalue weighted by Gasteiger charge is -2.24. The summed E-state index contributed by atoms with van der Waals surface area (Å²) >= 11 is 3.42. The van der Waals surface area contributed by atoms with Gasteiger partial charge in [0.05, 0.1) is 24.4 Å². The van der Waals surface area contributed by atoms with E-state index in [1.54, 1.807) is 36.4 Å². The Hall–Kier alpha value is -4.10. The number of hydrogen-bond donors (Lipinski definition) is 1. The zero-order valence-electron chi connectivity index (χ0n) is 20.1. The van der Waals surface area contributed by atoms with E-state index in [1.807, 2.05) is 49.4 Å². The average Bonchev–Trinajstić information content (AvgIpc) is 3.50. The second kappa shape index (κ2) is 10.5. The van der Waals surface area contributed by atoms with Crippen LogP contribution in [-0.2, 0) is 22.7 Å². The minimum Gasteiger partial charge on any atom is -0.507 e. The smallest absolute Gasteiger partial charge is 0.296 e. The minimum absolute atomic E-state index is 0.0345. The SMILES string of the molecule is Cc1cccc(COc2ccc(/C(O)=C3\C(=O)C(=O)N(Cc4ccco4)C3c3ccc(Br)cc3)cc2)c1. The van der Waals surface area contributed by atoms with Crippen LogP contribution in [0.4, 0.5) is 0 Å². The number of amides is 1. The van der Waals surface area contributed by atoms with Gasteiger partial charge in [0.25, 0.3) is 11.7 Å². The first-order valence-electron chi connectivity index (χ1n) is 11.8. The molecule has 1 N–H and O–H groups in total. The van der Waals surface area contributed by atoms with Crippen LogP contribution < -0.4 is 4.74 Å². The molecule has 0 spiro atoms. The van der Waals surface area contributed by atoms with E-state index in [9.17, 15) is 14.7 Å². The van der Waals surface area contributed by atoms with Crippen molar-refractivity contribution in [3.05, 3.63) is 129 Å². The maximum Gasteiger partial charge on any atom is 0.296 e. The zero-order chi connectivity index (χ0) is 25.9. The normalized spacial score (nSPS) is 16.8. The molecule has 1 fully saturated rings. The van der Waals surface area contributed by atoms with E-state index in [4.69, 9.17) is 9.15 Å². The van der Waals surface area contributed by atoms with E-state index in [-0.39, 0.29) is 17.9 Å². The van der Waals surface area contributed by atoms with Crippen molar-refractivity contribution in [1.82, 2.24) is 4.90 Å². The standard InChI is InChI=1S/C30H24BrNO5/c1-19-4-2-5-20(16-19)18-37-24-13-9-22(10-14-24)28(33)26-27(21-7-11-23(31)12-8-21)32(30(35)29(26)34)17-25-6-3-15-36-25/h2-16,27,33H,17-18H2,1H3/b28-26+. The number of rotatable bonds is 7. The van der Waals surface area contributed by atoms with E-state index < -0.39 is 17.7 Å². The molecular weight excluding hydrogens is 534 g/mol. The van der Waals surface area contributed by atoms with Crippen molar-refractivity contribution in [2.24, 2.45) is 0 Å². The number of ether oxygens (including phenoxy) is 1. The van der Waals surface area contributed by atoms with E-state index in [0.717, 1.165) is 15.6 Å². The van der Waals surface area contributed by atoms with Crippen LogP contribution in [0.1, 0.15) is 34.1 Å². The first-order chi connectivity index (χ1) is 17.9. The van der Waals surface area contributed by atoms with Crippen LogP contribution >= 0.6 is 15.9 Å². The van der Waals surface area contributed by atoms with Gasteiger partial charge in [0.1, 0.15) is 23.9 Å². The number of carbonyl (C=O) groups is 2. The van der Waals surface area contributed by atoms with E-state index in [2.05, 4.69) is 22.0 Å². The van der Waals surface area contributed by atoms with Crippen molar-refractivity contribution in [3.8, 4) is 5.75 Å². The number of benzene rings is 3. The molecule has 0 bridgehead atoms. The summed E-state index contributed by atoms with van der Waals surface area (Å²) in [7, 11) is 0. The summed E-state index contributed by atoms with van der Waals surface area (Å²) < 4.78 is 12.2. The molecule has 5 rings (SSSR count). The summed E-state index contributed by atoms with van der Waals surface area (Å²) in [5.74, 6) is -0.501. The Morgan fingerprint density at radius 1 is 1.00 bits per heavy atom. The molecule has 1 amide bonds. The molecule has 0 saturated carbocycles. The fraction of sp³-hybridized carbons (Fsp3) is 0.133. The van der Waals surface area contributed by atoms with Crippen molar-refractivity contribution in [2.45, 2.75) is 26.1 Å². The molecule has 6 nitrogen and oxygen atoms in total. The number of Topliss-reactive ketones (excluding diaryl/α,β-unsaturated/α-hetero) is 1. The van der Waals surface area contributed by atoms with Crippen molar-refractivity contribution < 1.29 is 23.8 Å². The van der Waals surface area contributed by atoms with E-state index in [1.165, 1.54) is 11.2 Å². The maximum absolute atomic E-state index is 13.2. The van der Waals surface area contributed by atoms with Gasteiger partial charge in [-0.05, 0) is 66.6 Å². The van der Waals surface area contributed by atoms with Gasteiger partial charge in [0.2, 0.25) is 0 Å². The molecule has 1 aliphatic heterocycles. The predicted octanol–water partition coefficient (Wildman–Crippen LogP) is 6.55. The third-order valence-corrected chi connectivity index (χ3v) is 6.78. The van der Waals surface area contributed by atoms with Gasteiger partial charge in [0, 0.05) is 10.0 Å². The van der Waals surface area contributed by atoms with Gasteiger partial charge in [-0.25, -0.2) is 0 Å². The third-order valence-electron chi connectivity index (χ3n) is 6.25. The Morgan fingerprint density at radius 2 is 1.76 bits per heavy atom. The Morgan fingerprint density at radius 3 is 2.43 bits per heavy atom. The van der Waals surface area contributed by atoms with Crippen molar-refractivity contribution in [3.63, 3.8) is 0 Å². The molecule has 2 heterocycles. The van der Waals surface area contributed by atoms with Crippen molar-refractivity contribution in [1.29, 1.82) is 0 Å². The molecule has 37 heavy (non-hydrogen) atoms. The topological polar surface area (TPSA) is 80.0 Å². The maximum atomic E-state index is 13.2. The number of carbonyl (C=O) groups excluding carboxylic acids is 2. The van der Waals surface area contributed by atoms with Crippen LogP contribution in [0.3, 0.4) is 0 Å². The largest absolute Gasteiger partial charge is 0.507 e. The Labute approximate surface area is 222 Å². The first-order valence-corrected chi connectivity index (χ1v) is 12.5. The molecule has 0 aliphatic carbocycles. The molecule has 1 atom stereocenters. The number of aliphatic hydroxyl groups excluding tert-OH is 1. The second-order valence-electron chi connectivity index (χ2n) is 8.86. The number of likely N-dealkylation sites (tertiary alicyclic amines) is 1. The molecule has 3 aromatic carbocycles. The summed E-state index contributed by atoms with van der Waals surface area (Å²) in [6.45, 7) is 2.54. The lowest BCUT2D eigenvalue weighted by molar-refractivity contribution is -0.140.